The third-order valence-electron chi connectivity index (χ3n) is 3.29. The number of thiol groups is 1. The van der Waals surface area contributed by atoms with Crippen LogP contribution < -0.4 is 4.43 Å². The first-order valence-electron chi connectivity index (χ1n) is 5.62. The summed E-state index contributed by atoms with van der Waals surface area (Å²) in [5.74, 6) is 0.926. The van der Waals surface area contributed by atoms with Gasteiger partial charge < -0.3 is 4.43 Å². The summed E-state index contributed by atoms with van der Waals surface area (Å²) in [6.45, 7) is 13.3. The summed E-state index contributed by atoms with van der Waals surface area (Å²) in [5, 5.41) is 0.219. The third-order valence-corrected chi connectivity index (χ3v) is 8.00. The van der Waals surface area contributed by atoms with Crippen molar-refractivity contribution in [2.45, 2.75) is 50.7 Å². The first kappa shape index (κ1) is 13.7. The molecular weight excluding hydrogens is 232 g/mol. The highest BCUT2D eigenvalue weighted by atomic mass is 32.1. The molecule has 0 amide bonds. The number of hydrogen-bond acceptors (Lipinski definition) is 2. The minimum Gasteiger partial charge on any atom is -0.543 e. The predicted octanol–water partition coefficient (Wildman–Crippen LogP) is 4.67. The van der Waals surface area contributed by atoms with Crippen LogP contribution in [0.15, 0.2) is 23.1 Å². The van der Waals surface area contributed by atoms with Crippen molar-refractivity contribution < 1.29 is 4.43 Å². The van der Waals surface area contributed by atoms with E-state index in [1.54, 1.807) is 0 Å². The van der Waals surface area contributed by atoms with E-state index in [0.29, 0.717) is 0 Å². The summed E-state index contributed by atoms with van der Waals surface area (Å²) >= 11 is 4.45. The Morgan fingerprint density at radius 1 is 1.19 bits per heavy atom. The quantitative estimate of drug-likeness (QED) is 0.596. The highest BCUT2D eigenvalue weighted by Crippen LogP contribution is 2.38. The Bertz CT molecular complexity index is 380. The molecule has 0 aliphatic heterocycles. The maximum atomic E-state index is 6.24. The molecule has 0 aromatic heterocycles. The van der Waals surface area contributed by atoms with Gasteiger partial charge in [-0.2, -0.15) is 0 Å². The average molecular weight is 254 g/mol. The highest BCUT2D eigenvalue weighted by Gasteiger charge is 2.39. The lowest BCUT2D eigenvalue weighted by Crippen LogP contribution is -2.43. The molecule has 0 saturated heterocycles. The van der Waals surface area contributed by atoms with Crippen molar-refractivity contribution in [3.63, 3.8) is 0 Å². The second kappa shape index (κ2) is 4.45. The number of benzene rings is 1. The smallest absolute Gasteiger partial charge is 0.250 e. The van der Waals surface area contributed by atoms with E-state index in [1.807, 2.05) is 6.07 Å². The number of rotatable bonds is 2. The Kier molecular flexibility index (Phi) is 3.80. The second-order valence-corrected chi connectivity index (χ2v) is 11.0. The largest absolute Gasteiger partial charge is 0.543 e. The fourth-order valence-corrected chi connectivity index (χ4v) is 2.43. The topological polar surface area (TPSA) is 9.23 Å². The molecule has 1 aromatic carbocycles. The molecule has 0 spiro atoms. The fraction of sp³-hybridized carbons (Fsp3) is 0.538. The molecule has 1 nitrogen and oxygen atoms in total. The van der Waals surface area contributed by atoms with Crippen LogP contribution in [-0.2, 0) is 0 Å². The number of aryl methyl sites for hydroxylation is 1. The van der Waals surface area contributed by atoms with Gasteiger partial charge in [-0.05, 0) is 42.8 Å². The molecule has 0 heterocycles. The summed E-state index contributed by atoms with van der Waals surface area (Å²) in [4.78, 5) is 0.926. The van der Waals surface area contributed by atoms with Gasteiger partial charge in [0.05, 0.1) is 0 Å². The zero-order valence-electron chi connectivity index (χ0n) is 11.1. The van der Waals surface area contributed by atoms with E-state index in [2.05, 4.69) is 65.6 Å². The lowest BCUT2D eigenvalue weighted by atomic mass is 10.2. The third kappa shape index (κ3) is 3.05. The van der Waals surface area contributed by atoms with Gasteiger partial charge in [0.2, 0.25) is 0 Å². The monoisotopic (exact) mass is 254 g/mol. The zero-order valence-corrected chi connectivity index (χ0v) is 13.0. The molecule has 16 heavy (non-hydrogen) atoms. The molecule has 0 aliphatic rings. The predicted molar refractivity (Wildman–Crippen MR) is 76.3 cm³/mol. The van der Waals surface area contributed by atoms with E-state index in [-0.39, 0.29) is 5.04 Å². The minimum atomic E-state index is -1.75. The van der Waals surface area contributed by atoms with Gasteiger partial charge in [-0.25, -0.2) is 0 Å². The van der Waals surface area contributed by atoms with Crippen LogP contribution in [0.5, 0.6) is 5.75 Å². The molecule has 90 valence electrons. The fourth-order valence-electron chi connectivity index (χ4n) is 1.13. The standard InChI is InChI=1S/C13H22OSSi/c1-10-7-8-12(15)11(9-10)14-16(5,6)13(2,3)4/h7-9,15H,1-6H3. The van der Waals surface area contributed by atoms with Gasteiger partial charge in [0.1, 0.15) is 5.75 Å². The normalized spacial score (nSPS) is 12.7. The van der Waals surface area contributed by atoms with E-state index in [1.165, 1.54) is 5.56 Å². The molecule has 0 aliphatic carbocycles. The van der Waals surface area contributed by atoms with Crippen LogP contribution >= 0.6 is 12.6 Å². The van der Waals surface area contributed by atoms with Crippen molar-refractivity contribution >= 4 is 20.9 Å². The van der Waals surface area contributed by atoms with Gasteiger partial charge in [0.25, 0.3) is 8.32 Å². The summed E-state index contributed by atoms with van der Waals surface area (Å²) in [7, 11) is -1.75. The van der Waals surface area contributed by atoms with Crippen molar-refractivity contribution in [2.75, 3.05) is 0 Å². The maximum absolute atomic E-state index is 6.24. The van der Waals surface area contributed by atoms with E-state index in [9.17, 15) is 0 Å². The van der Waals surface area contributed by atoms with Crippen LogP contribution in [0, 0.1) is 6.92 Å². The van der Waals surface area contributed by atoms with Crippen LogP contribution in [0.4, 0.5) is 0 Å². The second-order valence-electron chi connectivity index (χ2n) is 5.83. The van der Waals surface area contributed by atoms with E-state index >= 15 is 0 Å². The lowest BCUT2D eigenvalue weighted by Gasteiger charge is -2.36. The van der Waals surface area contributed by atoms with Crippen LogP contribution in [0.3, 0.4) is 0 Å². The van der Waals surface area contributed by atoms with Gasteiger partial charge in [-0.3, -0.25) is 0 Å². The van der Waals surface area contributed by atoms with Crippen molar-refractivity contribution in [3.05, 3.63) is 23.8 Å². The van der Waals surface area contributed by atoms with Gasteiger partial charge >= 0.3 is 0 Å². The molecule has 0 bridgehead atoms. The van der Waals surface area contributed by atoms with Gasteiger partial charge in [-0.15, -0.1) is 12.6 Å². The molecule has 1 aromatic rings. The van der Waals surface area contributed by atoms with E-state index < -0.39 is 8.32 Å². The van der Waals surface area contributed by atoms with Crippen molar-refractivity contribution in [2.24, 2.45) is 0 Å². The molecule has 3 heteroatoms. The Morgan fingerprint density at radius 3 is 2.25 bits per heavy atom. The first-order valence-corrected chi connectivity index (χ1v) is 8.98. The molecule has 0 atom stereocenters. The highest BCUT2D eigenvalue weighted by molar-refractivity contribution is 7.80. The summed E-state index contributed by atoms with van der Waals surface area (Å²) in [5.41, 5.74) is 1.21. The minimum absolute atomic E-state index is 0.219. The van der Waals surface area contributed by atoms with Gasteiger partial charge in [-0.1, -0.05) is 26.8 Å². The summed E-state index contributed by atoms with van der Waals surface area (Å²) < 4.78 is 6.24. The Balaban J connectivity index is 3.01. The lowest BCUT2D eigenvalue weighted by molar-refractivity contribution is 0.483. The maximum Gasteiger partial charge on any atom is 0.250 e. The van der Waals surface area contributed by atoms with Crippen LogP contribution in [0.25, 0.3) is 0 Å². The SMILES string of the molecule is Cc1ccc(S)c(O[Si](C)(C)C(C)(C)C)c1. The van der Waals surface area contributed by atoms with E-state index in [4.69, 9.17) is 4.43 Å². The van der Waals surface area contributed by atoms with Crippen LogP contribution in [0.2, 0.25) is 18.1 Å². The van der Waals surface area contributed by atoms with Crippen LogP contribution in [0.1, 0.15) is 26.3 Å². The zero-order chi connectivity index (χ0) is 12.6. The Labute approximate surface area is 106 Å². The van der Waals surface area contributed by atoms with Crippen molar-refractivity contribution in [1.29, 1.82) is 0 Å². The molecule has 0 radical (unpaired) electrons. The molecule has 0 fully saturated rings. The van der Waals surface area contributed by atoms with Crippen molar-refractivity contribution in [3.8, 4) is 5.75 Å². The number of hydrogen-bond donors (Lipinski definition) is 1. The Morgan fingerprint density at radius 2 is 1.75 bits per heavy atom. The molecule has 0 unspecified atom stereocenters. The van der Waals surface area contributed by atoms with Gasteiger partial charge in [0.15, 0.2) is 0 Å². The van der Waals surface area contributed by atoms with Crippen LogP contribution in [-0.4, -0.2) is 8.32 Å². The molecule has 1 rings (SSSR count). The molecule has 0 N–H and O–H groups in total. The Hall–Kier alpha value is -0.413. The van der Waals surface area contributed by atoms with Crippen molar-refractivity contribution in [1.82, 2.24) is 0 Å². The average Bonchev–Trinajstić information content (AvgIpc) is 2.09. The summed E-state index contributed by atoms with van der Waals surface area (Å²) in [6.07, 6.45) is 0. The first-order chi connectivity index (χ1) is 7.13. The van der Waals surface area contributed by atoms with Gasteiger partial charge in [0, 0.05) is 4.90 Å². The van der Waals surface area contributed by atoms with E-state index in [0.717, 1.165) is 10.6 Å². The molecule has 0 saturated carbocycles. The summed E-state index contributed by atoms with van der Waals surface area (Å²) in [6, 6.07) is 6.13. The molecular formula is C13H22OSSi.